The minimum atomic E-state index is -0.0618. The number of nitrogens with zero attached hydrogens (tertiary/aromatic N) is 4. The molecule has 0 bridgehead atoms. The zero-order valence-corrected chi connectivity index (χ0v) is 10.7. The van der Waals surface area contributed by atoms with Crippen molar-refractivity contribution >= 4 is 11.6 Å². The van der Waals surface area contributed by atoms with E-state index in [0.717, 1.165) is 0 Å². The smallest absolute Gasteiger partial charge is 0.224 e. The molecule has 0 aromatic carbocycles. The molecule has 0 radical (unpaired) electrons. The zero-order chi connectivity index (χ0) is 13.7. The summed E-state index contributed by atoms with van der Waals surface area (Å²) in [6.07, 6.45) is 4.98. The van der Waals surface area contributed by atoms with Crippen LogP contribution in [-0.4, -0.2) is 32.2 Å². The number of hydrogen-bond acceptors (Lipinski definition) is 5. The van der Waals surface area contributed by atoms with Crippen molar-refractivity contribution < 1.29 is 4.79 Å². The number of pyridine rings is 1. The first-order chi connectivity index (χ1) is 9.19. The third-order valence-corrected chi connectivity index (χ3v) is 2.62. The van der Waals surface area contributed by atoms with Crippen molar-refractivity contribution in [3.05, 3.63) is 31.0 Å². The number of nitrogens with two attached hydrogens (primary N) is 1. The molecule has 0 aliphatic heterocycles. The fraction of sp³-hybridized carbons (Fsp3) is 0.333. The Morgan fingerprint density at radius 3 is 2.95 bits per heavy atom. The fourth-order valence-electron chi connectivity index (χ4n) is 1.53. The molecule has 1 unspecified atom stereocenters. The minimum Gasteiger partial charge on any atom is -0.330 e. The number of aromatic nitrogens is 4. The summed E-state index contributed by atoms with van der Waals surface area (Å²) in [6.45, 7) is 2.43. The molecule has 2 heterocycles. The summed E-state index contributed by atoms with van der Waals surface area (Å²) in [6, 6.07) is 3.53. The molecule has 0 fully saturated rings. The fourth-order valence-corrected chi connectivity index (χ4v) is 1.53. The Hall–Kier alpha value is -2.28. The predicted molar refractivity (Wildman–Crippen MR) is 70.6 cm³/mol. The molecular formula is C12H16N6O. The number of hydrogen-bond donors (Lipinski definition) is 2. The third-order valence-electron chi connectivity index (χ3n) is 2.62. The summed E-state index contributed by atoms with van der Waals surface area (Å²) in [5.74, 6) is 0.751. The Bertz CT molecular complexity index is 522. The van der Waals surface area contributed by atoms with Crippen LogP contribution in [0.5, 0.6) is 0 Å². The lowest BCUT2D eigenvalue weighted by Crippen LogP contribution is -2.20. The van der Waals surface area contributed by atoms with Crippen molar-refractivity contribution in [3.63, 3.8) is 0 Å². The quantitative estimate of drug-likeness (QED) is 0.819. The molecule has 1 amide bonds. The summed E-state index contributed by atoms with van der Waals surface area (Å²) < 4.78 is 1.54. The van der Waals surface area contributed by atoms with E-state index in [2.05, 4.69) is 20.4 Å². The van der Waals surface area contributed by atoms with Crippen LogP contribution in [-0.2, 0) is 4.79 Å². The maximum absolute atomic E-state index is 11.7. The van der Waals surface area contributed by atoms with E-state index >= 15 is 0 Å². The molecule has 2 rings (SSSR count). The Morgan fingerprint density at radius 2 is 2.37 bits per heavy atom. The molecule has 0 saturated carbocycles. The van der Waals surface area contributed by atoms with Gasteiger partial charge >= 0.3 is 0 Å². The second-order valence-electron chi connectivity index (χ2n) is 4.34. The van der Waals surface area contributed by atoms with Crippen LogP contribution >= 0.6 is 0 Å². The molecule has 7 heteroatoms. The van der Waals surface area contributed by atoms with Gasteiger partial charge in [0, 0.05) is 6.42 Å². The molecule has 0 aliphatic rings. The van der Waals surface area contributed by atoms with Crippen molar-refractivity contribution in [1.29, 1.82) is 0 Å². The molecule has 7 nitrogen and oxygen atoms in total. The molecular weight excluding hydrogens is 244 g/mol. The lowest BCUT2D eigenvalue weighted by Gasteiger charge is -2.09. The normalized spacial score (nSPS) is 12.1. The first kappa shape index (κ1) is 13.2. The van der Waals surface area contributed by atoms with Gasteiger partial charge in [0.15, 0.2) is 5.82 Å². The molecule has 0 saturated heterocycles. The van der Waals surface area contributed by atoms with Gasteiger partial charge in [-0.05, 0) is 24.6 Å². The average molecular weight is 260 g/mol. The van der Waals surface area contributed by atoms with E-state index < -0.39 is 0 Å². The Balaban J connectivity index is 1.97. The summed E-state index contributed by atoms with van der Waals surface area (Å²) in [5.41, 5.74) is 6.13. The standard InChI is InChI=1S/C12H16N6O/c1-9(5-13)4-12(19)17-10-2-3-11(15-6-10)18-8-14-7-16-18/h2-3,6-9H,4-5,13H2,1H3,(H,17,19). The third kappa shape index (κ3) is 3.59. The molecule has 0 spiro atoms. The van der Waals surface area contributed by atoms with Gasteiger partial charge < -0.3 is 11.1 Å². The van der Waals surface area contributed by atoms with E-state index in [-0.39, 0.29) is 11.8 Å². The molecule has 19 heavy (non-hydrogen) atoms. The predicted octanol–water partition coefficient (Wildman–Crippen LogP) is 0.586. The van der Waals surface area contributed by atoms with E-state index in [1.807, 2.05) is 6.92 Å². The molecule has 2 aromatic rings. The minimum absolute atomic E-state index is 0.0618. The number of carbonyl (C=O) groups is 1. The highest BCUT2D eigenvalue weighted by molar-refractivity contribution is 5.90. The number of rotatable bonds is 5. The topological polar surface area (TPSA) is 98.7 Å². The van der Waals surface area contributed by atoms with Crippen LogP contribution in [0.4, 0.5) is 5.69 Å². The average Bonchev–Trinajstić information content (AvgIpc) is 2.93. The lowest BCUT2D eigenvalue weighted by atomic mass is 10.1. The number of nitrogens with one attached hydrogen (secondary N) is 1. The van der Waals surface area contributed by atoms with Gasteiger partial charge in [-0.15, -0.1) is 0 Å². The highest BCUT2D eigenvalue weighted by Gasteiger charge is 2.08. The number of anilines is 1. The van der Waals surface area contributed by atoms with Gasteiger partial charge in [-0.2, -0.15) is 5.10 Å². The first-order valence-corrected chi connectivity index (χ1v) is 6.00. The molecule has 100 valence electrons. The van der Waals surface area contributed by atoms with Gasteiger partial charge in [0.1, 0.15) is 12.7 Å². The second kappa shape index (κ2) is 6.05. The van der Waals surface area contributed by atoms with Crippen molar-refractivity contribution in [3.8, 4) is 5.82 Å². The van der Waals surface area contributed by atoms with Crippen LogP contribution < -0.4 is 11.1 Å². The summed E-state index contributed by atoms with van der Waals surface area (Å²) >= 11 is 0. The van der Waals surface area contributed by atoms with Crippen LogP contribution in [0.15, 0.2) is 31.0 Å². The Labute approximate surface area is 110 Å². The summed E-state index contributed by atoms with van der Waals surface area (Å²) in [7, 11) is 0. The molecule has 3 N–H and O–H groups in total. The maximum atomic E-state index is 11.7. The second-order valence-corrected chi connectivity index (χ2v) is 4.34. The lowest BCUT2D eigenvalue weighted by molar-refractivity contribution is -0.116. The molecule has 0 aliphatic carbocycles. The highest BCUT2D eigenvalue weighted by atomic mass is 16.1. The van der Waals surface area contributed by atoms with Gasteiger partial charge in [0.2, 0.25) is 5.91 Å². The first-order valence-electron chi connectivity index (χ1n) is 6.00. The van der Waals surface area contributed by atoms with E-state index in [1.54, 1.807) is 29.3 Å². The molecule has 2 aromatic heterocycles. The van der Waals surface area contributed by atoms with Gasteiger partial charge in [-0.1, -0.05) is 6.92 Å². The van der Waals surface area contributed by atoms with Crippen LogP contribution in [0, 0.1) is 5.92 Å². The van der Waals surface area contributed by atoms with Gasteiger partial charge in [0.25, 0.3) is 0 Å². The van der Waals surface area contributed by atoms with Crippen LogP contribution in [0.2, 0.25) is 0 Å². The monoisotopic (exact) mass is 260 g/mol. The summed E-state index contributed by atoms with van der Waals surface area (Å²) in [4.78, 5) is 19.7. The van der Waals surface area contributed by atoms with Crippen molar-refractivity contribution in [2.45, 2.75) is 13.3 Å². The van der Waals surface area contributed by atoms with Gasteiger partial charge in [-0.25, -0.2) is 14.6 Å². The Kier molecular flexibility index (Phi) is 4.19. The summed E-state index contributed by atoms with van der Waals surface area (Å²) in [5, 5.41) is 6.75. The van der Waals surface area contributed by atoms with Crippen LogP contribution in [0.3, 0.4) is 0 Å². The van der Waals surface area contributed by atoms with Crippen LogP contribution in [0.25, 0.3) is 5.82 Å². The van der Waals surface area contributed by atoms with Gasteiger partial charge in [-0.3, -0.25) is 4.79 Å². The number of amides is 1. The highest BCUT2D eigenvalue weighted by Crippen LogP contribution is 2.10. The SMILES string of the molecule is CC(CN)CC(=O)Nc1ccc(-n2cncn2)nc1. The molecule has 1 atom stereocenters. The maximum Gasteiger partial charge on any atom is 0.224 e. The zero-order valence-electron chi connectivity index (χ0n) is 10.7. The van der Waals surface area contributed by atoms with E-state index in [9.17, 15) is 4.79 Å². The van der Waals surface area contributed by atoms with Crippen molar-refractivity contribution in [2.24, 2.45) is 11.7 Å². The Morgan fingerprint density at radius 1 is 1.53 bits per heavy atom. The van der Waals surface area contributed by atoms with E-state index in [1.165, 1.54) is 6.33 Å². The van der Waals surface area contributed by atoms with Crippen LogP contribution in [0.1, 0.15) is 13.3 Å². The largest absolute Gasteiger partial charge is 0.330 e. The van der Waals surface area contributed by atoms with Gasteiger partial charge in [0.05, 0.1) is 11.9 Å². The number of carbonyl (C=O) groups excluding carboxylic acids is 1. The van der Waals surface area contributed by atoms with Crippen molar-refractivity contribution in [1.82, 2.24) is 19.7 Å². The van der Waals surface area contributed by atoms with E-state index in [4.69, 9.17) is 5.73 Å². The van der Waals surface area contributed by atoms with E-state index in [0.29, 0.717) is 24.5 Å². The van der Waals surface area contributed by atoms with Crippen molar-refractivity contribution in [2.75, 3.05) is 11.9 Å².